The van der Waals surface area contributed by atoms with Crippen molar-refractivity contribution in [1.29, 1.82) is 0 Å². The molecule has 220 valence electrons. The van der Waals surface area contributed by atoms with E-state index in [9.17, 15) is 0 Å². The monoisotopic (exact) mass is 603 g/mol. The van der Waals surface area contributed by atoms with Crippen molar-refractivity contribution in [3.05, 3.63) is 174 Å². The van der Waals surface area contributed by atoms with Crippen molar-refractivity contribution in [2.24, 2.45) is 0 Å². The highest BCUT2D eigenvalue weighted by atomic mass is 16.5. The van der Waals surface area contributed by atoms with Crippen molar-refractivity contribution >= 4 is 11.0 Å². The molecule has 2 aliphatic rings. The van der Waals surface area contributed by atoms with Gasteiger partial charge in [0, 0.05) is 33.2 Å². The zero-order chi connectivity index (χ0) is 31.0. The number of furan rings is 1. The fourth-order valence-electron chi connectivity index (χ4n) is 7.52. The smallest absolute Gasteiger partial charge is 0.164 e. The van der Waals surface area contributed by atoms with Crippen LogP contribution in [0.3, 0.4) is 0 Å². The van der Waals surface area contributed by atoms with Crippen LogP contribution in [0.5, 0.6) is 11.5 Å². The Morgan fingerprint density at radius 3 is 1.68 bits per heavy atom. The highest BCUT2D eigenvalue weighted by Crippen LogP contribution is 2.63. The second kappa shape index (κ2) is 9.83. The Labute approximate surface area is 270 Å². The Morgan fingerprint density at radius 2 is 1.02 bits per heavy atom. The fourth-order valence-corrected chi connectivity index (χ4v) is 7.52. The third-order valence-corrected chi connectivity index (χ3v) is 9.48. The first-order valence-electron chi connectivity index (χ1n) is 15.7. The van der Waals surface area contributed by atoms with Crippen LogP contribution in [0.2, 0.25) is 0 Å². The van der Waals surface area contributed by atoms with Gasteiger partial charge in [0.25, 0.3) is 0 Å². The van der Waals surface area contributed by atoms with Gasteiger partial charge in [-0.1, -0.05) is 115 Å². The highest BCUT2D eigenvalue weighted by molar-refractivity contribution is 6.00. The van der Waals surface area contributed by atoms with Crippen molar-refractivity contribution in [1.82, 2.24) is 15.0 Å². The van der Waals surface area contributed by atoms with Crippen LogP contribution in [0.15, 0.2) is 156 Å². The summed E-state index contributed by atoms with van der Waals surface area (Å²) in [6.45, 7) is 0. The number of ether oxygens (including phenoxy) is 1. The van der Waals surface area contributed by atoms with Crippen LogP contribution < -0.4 is 4.74 Å². The first-order chi connectivity index (χ1) is 23.3. The van der Waals surface area contributed by atoms with Gasteiger partial charge in [0.1, 0.15) is 17.1 Å². The Bertz CT molecular complexity index is 2400. The summed E-state index contributed by atoms with van der Waals surface area (Å²) in [6.07, 6.45) is 1.76. The second-order valence-corrected chi connectivity index (χ2v) is 12.0. The predicted octanol–water partition coefficient (Wildman–Crippen LogP) is 10.1. The lowest BCUT2D eigenvalue weighted by molar-refractivity contribution is 0.436. The van der Waals surface area contributed by atoms with Crippen LogP contribution in [-0.4, -0.2) is 15.0 Å². The van der Waals surface area contributed by atoms with Crippen LogP contribution in [0.1, 0.15) is 22.3 Å². The van der Waals surface area contributed by atoms with E-state index >= 15 is 0 Å². The molecule has 3 heterocycles. The summed E-state index contributed by atoms with van der Waals surface area (Å²) < 4.78 is 12.6. The van der Waals surface area contributed by atoms with Gasteiger partial charge in [-0.05, 0) is 52.6 Å². The lowest BCUT2D eigenvalue weighted by atomic mass is 9.66. The first kappa shape index (κ1) is 25.9. The summed E-state index contributed by atoms with van der Waals surface area (Å²) in [5, 5.41) is 1.04. The number of fused-ring (bicyclic) bond motifs is 10. The summed E-state index contributed by atoms with van der Waals surface area (Å²) >= 11 is 0. The predicted molar refractivity (Wildman–Crippen MR) is 183 cm³/mol. The van der Waals surface area contributed by atoms with E-state index in [0.717, 1.165) is 72.5 Å². The van der Waals surface area contributed by atoms with Gasteiger partial charge >= 0.3 is 0 Å². The third-order valence-electron chi connectivity index (χ3n) is 9.48. The molecule has 5 nitrogen and oxygen atoms in total. The van der Waals surface area contributed by atoms with Crippen molar-refractivity contribution in [3.63, 3.8) is 0 Å². The number of benzene rings is 6. The molecule has 5 heteroatoms. The summed E-state index contributed by atoms with van der Waals surface area (Å²) in [4.78, 5) is 15.3. The lowest BCUT2D eigenvalue weighted by Crippen LogP contribution is -2.32. The molecule has 1 aliphatic heterocycles. The minimum Gasteiger partial charge on any atom is -0.464 e. The molecule has 1 spiro atoms. The maximum absolute atomic E-state index is 6.55. The molecule has 8 aromatic rings. The largest absolute Gasteiger partial charge is 0.464 e. The average Bonchev–Trinajstić information content (AvgIpc) is 3.72. The number of rotatable bonds is 3. The molecule has 0 saturated carbocycles. The molecule has 2 aromatic heterocycles. The molecule has 47 heavy (non-hydrogen) atoms. The summed E-state index contributed by atoms with van der Waals surface area (Å²) in [5.41, 5.74) is 9.72. The van der Waals surface area contributed by atoms with Gasteiger partial charge in [-0.25, -0.2) is 15.0 Å². The van der Waals surface area contributed by atoms with Gasteiger partial charge in [-0.3, -0.25) is 0 Å². The van der Waals surface area contributed by atoms with Crippen molar-refractivity contribution in [2.75, 3.05) is 0 Å². The molecular weight excluding hydrogens is 578 g/mol. The Kier molecular flexibility index (Phi) is 5.43. The van der Waals surface area contributed by atoms with Gasteiger partial charge in [0.15, 0.2) is 17.5 Å². The number of nitrogens with zero attached hydrogens (tertiary/aromatic N) is 3. The average molecular weight is 604 g/mol. The summed E-state index contributed by atoms with van der Waals surface area (Å²) in [6, 6.07) is 50.0. The first-order valence-corrected chi connectivity index (χ1v) is 15.7. The molecule has 0 bridgehead atoms. The maximum atomic E-state index is 6.55. The molecule has 0 radical (unpaired) electrons. The van der Waals surface area contributed by atoms with Gasteiger partial charge in [0.2, 0.25) is 0 Å². The van der Waals surface area contributed by atoms with Crippen LogP contribution >= 0.6 is 0 Å². The number of hydrogen-bond acceptors (Lipinski definition) is 5. The molecule has 0 saturated heterocycles. The number of aromatic nitrogens is 3. The summed E-state index contributed by atoms with van der Waals surface area (Å²) in [7, 11) is 0. The van der Waals surface area contributed by atoms with E-state index in [2.05, 4.69) is 66.7 Å². The van der Waals surface area contributed by atoms with Crippen LogP contribution in [0, 0.1) is 0 Å². The van der Waals surface area contributed by atoms with E-state index in [4.69, 9.17) is 24.1 Å². The Morgan fingerprint density at radius 1 is 0.447 bits per heavy atom. The van der Waals surface area contributed by atoms with Crippen molar-refractivity contribution in [2.45, 2.75) is 5.41 Å². The zero-order valence-electron chi connectivity index (χ0n) is 25.1. The van der Waals surface area contributed by atoms with E-state index < -0.39 is 5.41 Å². The van der Waals surface area contributed by atoms with Gasteiger partial charge in [-0.2, -0.15) is 0 Å². The van der Waals surface area contributed by atoms with Crippen molar-refractivity contribution < 1.29 is 9.15 Å². The molecule has 6 aromatic carbocycles. The molecule has 0 amide bonds. The number of para-hydroxylation sites is 2. The molecule has 0 atom stereocenters. The van der Waals surface area contributed by atoms with Crippen LogP contribution in [0.4, 0.5) is 0 Å². The quantitative estimate of drug-likeness (QED) is 0.201. The minimum atomic E-state index is -0.648. The molecule has 0 N–H and O–H groups in total. The van der Waals surface area contributed by atoms with Crippen LogP contribution in [-0.2, 0) is 5.41 Å². The number of hydrogen-bond donors (Lipinski definition) is 0. The fraction of sp³-hybridized carbons (Fsp3) is 0.0238. The molecule has 1 aliphatic carbocycles. The highest BCUT2D eigenvalue weighted by Gasteiger charge is 2.52. The van der Waals surface area contributed by atoms with E-state index in [0.29, 0.717) is 17.5 Å². The van der Waals surface area contributed by atoms with Gasteiger partial charge < -0.3 is 9.15 Å². The van der Waals surface area contributed by atoms with Crippen molar-refractivity contribution in [3.8, 4) is 56.8 Å². The standard InChI is InChI=1S/C42H25N3O2/c1-3-12-26(13-4-1)39-43-40(27-14-5-2-6-15-27)45-41(44-39)29-16-11-19-33-38(29)30-24-28-22-23-46-37(28)25-34(30)42(33)31-17-7-9-20-35(31)47-36-21-10-8-18-32(36)42/h1-25H. The normalized spacial score (nSPS) is 13.4. The second-order valence-electron chi connectivity index (χ2n) is 12.0. The molecule has 0 fully saturated rings. The van der Waals surface area contributed by atoms with E-state index in [1.165, 1.54) is 0 Å². The SMILES string of the molecule is c1ccc(-c2nc(-c3ccccc3)nc(-c3cccc4c3-c3cc5ccoc5cc3C43c4ccccc4Oc4ccccc43)n2)cc1. The Balaban J connectivity index is 1.33. The zero-order valence-corrected chi connectivity index (χ0v) is 25.1. The molecule has 10 rings (SSSR count). The molecule has 0 unspecified atom stereocenters. The van der Waals surface area contributed by atoms with Gasteiger partial charge in [-0.15, -0.1) is 0 Å². The third kappa shape index (κ3) is 3.68. The van der Waals surface area contributed by atoms with Crippen LogP contribution in [0.25, 0.3) is 56.3 Å². The van der Waals surface area contributed by atoms with E-state index in [1.807, 2.05) is 78.9 Å². The van der Waals surface area contributed by atoms with E-state index in [-0.39, 0.29) is 0 Å². The summed E-state index contributed by atoms with van der Waals surface area (Å²) in [5.74, 6) is 3.57. The maximum Gasteiger partial charge on any atom is 0.164 e. The minimum absolute atomic E-state index is 0.624. The topological polar surface area (TPSA) is 61.0 Å². The Hall–Kier alpha value is -6.33. The van der Waals surface area contributed by atoms with Gasteiger partial charge in [0.05, 0.1) is 11.7 Å². The van der Waals surface area contributed by atoms with E-state index in [1.54, 1.807) is 6.26 Å². The lowest BCUT2D eigenvalue weighted by Gasteiger charge is -2.39. The molecular formula is C42H25N3O2.